The fraction of sp³-hybridized carbons (Fsp3) is 0.667. The van der Waals surface area contributed by atoms with E-state index >= 15 is 0 Å². The minimum absolute atomic E-state index is 0.126. The van der Waals surface area contributed by atoms with Crippen molar-refractivity contribution in [2.24, 2.45) is 0 Å². The zero-order valence-electron chi connectivity index (χ0n) is 13.6. The molecule has 1 aliphatic rings. The summed E-state index contributed by atoms with van der Waals surface area (Å²) in [4.78, 5) is 22.0. The number of halogens is 1. The van der Waals surface area contributed by atoms with Crippen LogP contribution in [0.15, 0.2) is 17.6 Å². The molecule has 0 aliphatic carbocycles. The summed E-state index contributed by atoms with van der Waals surface area (Å²) in [5.74, 6) is 0.306. The van der Waals surface area contributed by atoms with Crippen LogP contribution in [0.5, 0.6) is 0 Å². The van der Waals surface area contributed by atoms with Gasteiger partial charge in [-0.2, -0.15) is 0 Å². The standard InChI is InChI=1S/C15H22ClN3O3S/c1-15(2,3)22-14(20)19-7-5-4-6-12(19)10-23(21)13-17-8-11(16)9-18-13/h8-9,12H,4-7,10H2,1-3H3/t12-,23-/m1/s1. The van der Waals surface area contributed by atoms with Gasteiger partial charge in [-0.1, -0.05) is 11.6 Å². The van der Waals surface area contributed by atoms with Crippen molar-refractivity contribution in [3.05, 3.63) is 17.4 Å². The van der Waals surface area contributed by atoms with Gasteiger partial charge in [-0.25, -0.2) is 14.8 Å². The maximum atomic E-state index is 12.4. The van der Waals surface area contributed by atoms with Crippen molar-refractivity contribution < 1.29 is 13.7 Å². The second-order valence-electron chi connectivity index (χ2n) is 6.52. The number of ether oxygens (including phenoxy) is 1. The third-order valence-electron chi connectivity index (χ3n) is 3.40. The van der Waals surface area contributed by atoms with Crippen molar-refractivity contribution in [3.63, 3.8) is 0 Å². The summed E-state index contributed by atoms with van der Waals surface area (Å²) in [6, 6.07) is -0.126. The highest BCUT2D eigenvalue weighted by Crippen LogP contribution is 2.22. The first-order chi connectivity index (χ1) is 10.8. The minimum atomic E-state index is -1.38. The average molecular weight is 360 g/mol. The Morgan fingerprint density at radius 2 is 2.04 bits per heavy atom. The van der Waals surface area contributed by atoms with Crippen LogP contribution in [0.1, 0.15) is 40.0 Å². The van der Waals surface area contributed by atoms with Crippen LogP contribution in [0, 0.1) is 0 Å². The van der Waals surface area contributed by atoms with Crippen LogP contribution in [-0.4, -0.2) is 49.1 Å². The Morgan fingerprint density at radius 3 is 2.65 bits per heavy atom. The zero-order valence-corrected chi connectivity index (χ0v) is 15.2. The van der Waals surface area contributed by atoms with Gasteiger partial charge in [0.2, 0.25) is 5.16 Å². The Balaban J connectivity index is 2.04. The average Bonchev–Trinajstić information content (AvgIpc) is 2.46. The molecule has 8 heteroatoms. The summed E-state index contributed by atoms with van der Waals surface area (Å²) in [7, 11) is -1.38. The molecule has 1 aromatic heterocycles. The highest BCUT2D eigenvalue weighted by molar-refractivity contribution is 7.84. The second-order valence-corrected chi connectivity index (χ2v) is 8.35. The van der Waals surface area contributed by atoms with Gasteiger partial charge in [0, 0.05) is 12.6 Å². The van der Waals surface area contributed by atoms with Crippen LogP contribution in [0.25, 0.3) is 0 Å². The Bertz CT molecular complexity index is 574. The smallest absolute Gasteiger partial charge is 0.410 e. The molecule has 0 aromatic carbocycles. The summed E-state index contributed by atoms with van der Waals surface area (Å²) in [6.45, 7) is 6.13. The van der Waals surface area contributed by atoms with E-state index < -0.39 is 16.4 Å². The van der Waals surface area contributed by atoms with E-state index in [0.717, 1.165) is 19.3 Å². The number of amides is 1. The number of carbonyl (C=O) groups is 1. The molecule has 6 nitrogen and oxygen atoms in total. The highest BCUT2D eigenvalue weighted by Gasteiger charge is 2.32. The second kappa shape index (κ2) is 7.57. The van der Waals surface area contributed by atoms with E-state index in [0.29, 0.717) is 17.3 Å². The van der Waals surface area contributed by atoms with E-state index in [4.69, 9.17) is 16.3 Å². The van der Waals surface area contributed by atoms with Crippen molar-refractivity contribution >= 4 is 28.5 Å². The van der Waals surface area contributed by atoms with Gasteiger partial charge >= 0.3 is 6.09 Å². The van der Waals surface area contributed by atoms with Crippen LogP contribution in [0.3, 0.4) is 0 Å². The molecule has 2 heterocycles. The topological polar surface area (TPSA) is 72.4 Å². The predicted molar refractivity (Wildman–Crippen MR) is 88.9 cm³/mol. The molecule has 128 valence electrons. The van der Waals surface area contributed by atoms with Crippen LogP contribution >= 0.6 is 11.6 Å². The van der Waals surface area contributed by atoms with Crippen LogP contribution in [0.2, 0.25) is 5.02 Å². The lowest BCUT2D eigenvalue weighted by Gasteiger charge is -2.36. The normalized spacial score (nSPS) is 20.2. The van der Waals surface area contributed by atoms with E-state index in [-0.39, 0.29) is 17.3 Å². The molecule has 2 rings (SSSR count). The van der Waals surface area contributed by atoms with E-state index in [2.05, 4.69) is 9.97 Å². The number of nitrogens with zero attached hydrogens (tertiary/aromatic N) is 3. The highest BCUT2D eigenvalue weighted by atomic mass is 35.5. The van der Waals surface area contributed by atoms with E-state index in [1.165, 1.54) is 12.4 Å². The largest absolute Gasteiger partial charge is 0.444 e. The van der Waals surface area contributed by atoms with Gasteiger partial charge in [0.1, 0.15) is 5.60 Å². The Hall–Kier alpha value is -1.21. The molecule has 0 N–H and O–H groups in total. The molecule has 1 saturated heterocycles. The molecule has 0 unspecified atom stereocenters. The number of hydrogen-bond acceptors (Lipinski definition) is 5. The number of likely N-dealkylation sites (tertiary alicyclic amines) is 1. The summed E-state index contributed by atoms with van der Waals surface area (Å²) in [5.41, 5.74) is -0.544. The van der Waals surface area contributed by atoms with Crippen molar-refractivity contribution in [1.29, 1.82) is 0 Å². The first-order valence-corrected chi connectivity index (χ1v) is 9.31. The van der Waals surface area contributed by atoms with E-state index in [1.807, 2.05) is 20.8 Å². The number of aromatic nitrogens is 2. The quantitative estimate of drug-likeness (QED) is 0.775. The first-order valence-electron chi connectivity index (χ1n) is 7.62. The Kier molecular flexibility index (Phi) is 5.97. The molecule has 0 spiro atoms. The van der Waals surface area contributed by atoms with E-state index in [1.54, 1.807) is 4.90 Å². The lowest BCUT2D eigenvalue weighted by molar-refractivity contribution is 0.0125. The van der Waals surface area contributed by atoms with Crippen LogP contribution in [0.4, 0.5) is 4.79 Å². The molecular weight excluding hydrogens is 338 g/mol. The van der Waals surface area contributed by atoms with Gasteiger partial charge in [0.15, 0.2) is 0 Å². The number of rotatable bonds is 3. The fourth-order valence-corrected chi connectivity index (χ4v) is 3.69. The SMILES string of the molecule is CC(C)(C)OC(=O)N1CCCC[C@@H]1C[S@@](=O)c1ncc(Cl)cn1. The molecule has 1 fully saturated rings. The first kappa shape index (κ1) is 18.1. The summed E-state index contributed by atoms with van der Waals surface area (Å²) in [5, 5.41) is 0.642. The van der Waals surface area contributed by atoms with Gasteiger partial charge in [0.25, 0.3) is 0 Å². The molecule has 1 amide bonds. The Morgan fingerprint density at radius 1 is 1.39 bits per heavy atom. The summed E-state index contributed by atoms with van der Waals surface area (Å²) >= 11 is 5.74. The maximum Gasteiger partial charge on any atom is 0.410 e. The van der Waals surface area contributed by atoms with Crippen molar-refractivity contribution in [2.75, 3.05) is 12.3 Å². The molecular formula is C15H22ClN3O3S. The number of carbonyl (C=O) groups excluding carboxylic acids is 1. The van der Waals surface area contributed by atoms with Gasteiger partial charge in [0.05, 0.1) is 34.0 Å². The van der Waals surface area contributed by atoms with Gasteiger partial charge in [-0.05, 0) is 40.0 Å². The zero-order chi connectivity index (χ0) is 17.0. The van der Waals surface area contributed by atoms with E-state index in [9.17, 15) is 9.00 Å². The van der Waals surface area contributed by atoms with Crippen molar-refractivity contribution in [3.8, 4) is 0 Å². The third-order valence-corrected chi connectivity index (χ3v) is 4.90. The number of piperidine rings is 1. The lowest BCUT2D eigenvalue weighted by Crippen LogP contribution is -2.48. The summed E-state index contributed by atoms with van der Waals surface area (Å²) in [6.07, 6.45) is 5.24. The monoisotopic (exact) mass is 359 g/mol. The van der Waals surface area contributed by atoms with Crippen LogP contribution < -0.4 is 0 Å². The molecule has 2 atom stereocenters. The summed E-state index contributed by atoms with van der Waals surface area (Å²) < 4.78 is 17.9. The van der Waals surface area contributed by atoms with Crippen LogP contribution in [-0.2, 0) is 15.5 Å². The maximum absolute atomic E-state index is 12.4. The lowest BCUT2D eigenvalue weighted by atomic mass is 10.0. The fourth-order valence-electron chi connectivity index (χ4n) is 2.40. The molecule has 1 aromatic rings. The predicted octanol–water partition coefficient (Wildman–Crippen LogP) is 3.03. The van der Waals surface area contributed by atoms with Crippen molar-refractivity contribution in [2.45, 2.75) is 56.8 Å². The van der Waals surface area contributed by atoms with Gasteiger partial charge in [-0.15, -0.1) is 0 Å². The van der Waals surface area contributed by atoms with Gasteiger partial charge < -0.3 is 9.64 Å². The number of hydrogen-bond donors (Lipinski definition) is 0. The Labute approximate surface area is 144 Å². The minimum Gasteiger partial charge on any atom is -0.444 e. The molecule has 1 aliphatic heterocycles. The van der Waals surface area contributed by atoms with Gasteiger partial charge in [-0.3, -0.25) is 4.21 Å². The molecule has 23 heavy (non-hydrogen) atoms. The van der Waals surface area contributed by atoms with Crippen molar-refractivity contribution in [1.82, 2.24) is 14.9 Å². The molecule has 0 saturated carbocycles. The third kappa shape index (κ3) is 5.42. The molecule has 0 bridgehead atoms. The molecule has 0 radical (unpaired) electrons.